The van der Waals surface area contributed by atoms with Crippen LogP contribution in [-0.2, 0) is 47.6 Å². The monoisotopic (exact) mass is 877 g/mol. The summed E-state index contributed by atoms with van der Waals surface area (Å²) >= 11 is 0. The van der Waals surface area contributed by atoms with E-state index in [-0.39, 0.29) is 25.7 Å². The number of aliphatic hydroxyl groups excluding tert-OH is 5. The zero-order valence-electron chi connectivity index (χ0n) is 38.0. The molecule has 0 radical (unpaired) electrons. The van der Waals surface area contributed by atoms with Gasteiger partial charge in [0.15, 0.2) is 24.6 Å². The number of unbranched alkanes of at least 4 members (excludes halogenated alkanes) is 18. The van der Waals surface area contributed by atoms with Crippen LogP contribution < -0.4 is 0 Å². The van der Waals surface area contributed by atoms with Gasteiger partial charge in [-0.2, -0.15) is 0 Å². The van der Waals surface area contributed by atoms with Gasteiger partial charge < -0.3 is 54.0 Å². The van der Waals surface area contributed by atoms with Crippen LogP contribution in [-0.4, -0.2) is 124 Å². The van der Waals surface area contributed by atoms with E-state index in [0.717, 1.165) is 64.2 Å². The quantitative estimate of drug-likeness (QED) is 0.0248. The average Bonchev–Trinajstić information content (AvgIpc) is 3.24. The van der Waals surface area contributed by atoms with Gasteiger partial charge in [0.25, 0.3) is 0 Å². The lowest BCUT2D eigenvalue weighted by atomic mass is 9.97. The van der Waals surface area contributed by atoms with Crippen molar-refractivity contribution >= 4 is 23.9 Å². The van der Waals surface area contributed by atoms with Crippen LogP contribution in [0.2, 0.25) is 0 Å². The van der Waals surface area contributed by atoms with Crippen molar-refractivity contribution in [2.24, 2.45) is 0 Å². The summed E-state index contributed by atoms with van der Waals surface area (Å²) in [4.78, 5) is 53.0. The van der Waals surface area contributed by atoms with Gasteiger partial charge in [0.2, 0.25) is 0 Å². The van der Waals surface area contributed by atoms with Crippen LogP contribution in [0.3, 0.4) is 0 Å². The SMILES string of the molecule is CCCCCCCCCCCCCCCC(=O)O[C@@H]1[C@H](OC[C@@H](O)[C@@H](O)[C@H](O)[C@H](O)CO)O[C@H](COC(=O)CCCCC)[C@@H](OC(=O)CCCCC)[C@@H]1OC(=O)CCCCC. The third-order valence-electron chi connectivity index (χ3n) is 11.0. The van der Waals surface area contributed by atoms with Crippen LogP contribution in [0.15, 0.2) is 0 Å². The third kappa shape index (κ3) is 25.5. The predicted octanol–water partition coefficient (Wildman–Crippen LogP) is 6.66. The van der Waals surface area contributed by atoms with E-state index in [1.807, 2.05) is 20.8 Å². The topological polar surface area (TPSA) is 225 Å². The van der Waals surface area contributed by atoms with E-state index in [2.05, 4.69) is 6.92 Å². The molecule has 1 saturated heterocycles. The number of ether oxygens (including phenoxy) is 6. The van der Waals surface area contributed by atoms with E-state index in [4.69, 9.17) is 28.4 Å². The van der Waals surface area contributed by atoms with E-state index in [9.17, 15) is 44.7 Å². The van der Waals surface area contributed by atoms with Crippen LogP contribution in [0.5, 0.6) is 0 Å². The summed E-state index contributed by atoms with van der Waals surface area (Å²) < 4.78 is 35.6. The first-order chi connectivity index (χ1) is 29.4. The Morgan fingerprint density at radius 2 is 0.836 bits per heavy atom. The van der Waals surface area contributed by atoms with Crippen molar-refractivity contribution < 1.29 is 73.1 Å². The van der Waals surface area contributed by atoms with Crippen molar-refractivity contribution in [2.45, 2.75) is 250 Å². The maximum absolute atomic E-state index is 13.5. The van der Waals surface area contributed by atoms with Crippen molar-refractivity contribution in [3.05, 3.63) is 0 Å². The minimum atomic E-state index is -1.98. The molecule has 0 aromatic heterocycles. The highest BCUT2D eigenvalue weighted by molar-refractivity contribution is 5.72. The molecule has 15 heteroatoms. The van der Waals surface area contributed by atoms with Crippen LogP contribution in [0.1, 0.15) is 195 Å². The molecular weight excluding hydrogens is 792 g/mol. The number of hydrogen-bond acceptors (Lipinski definition) is 15. The number of carbonyl (C=O) groups excluding carboxylic acids is 4. The van der Waals surface area contributed by atoms with E-state index in [1.54, 1.807) is 0 Å². The normalized spacial score (nSPS) is 21.0. The maximum Gasteiger partial charge on any atom is 0.306 e. The Bertz CT molecular complexity index is 1140. The van der Waals surface area contributed by atoms with Gasteiger partial charge >= 0.3 is 23.9 Å². The Hall–Kier alpha value is -2.40. The number of rotatable bonds is 38. The Morgan fingerprint density at radius 3 is 1.30 bits per heavy atom. The number of esters is 4. The molecule has 1 aliphatic rings. The van der Waals surface area contributed by atoms with E-state index in [1.165, 1.54) is 51.4 Å². The zero-order chi connectivity index (χ0) is 45.3. The number of aliphatic hydroxyl groups is 5. The molecule has 0 aliphatic carbocycles. The van der Waals surface area contributed by atoms with E-state index in [0.29, 0.717) is 25.7 Å². The van der Waals surface area contributed by atoms with Crippen LogP contribution in [0.4, 0.5) is 0 Å². The highest BCUT2D eigenvalue weighted by Crippen LogP contribution is 2.31. The summed E-state index contributed by atoms with van der Waals surface area (Å²) in [5.41, 5.74) is 0. The molecule has 1 rings (SSSR count). The van der Waals surface area contributed by atoms with Crippen LogP contribution in [0.25, 0.3) is 0 Å². The molecule has 0 aromatic carbocycles. The summed E-state index contributed by atoms with van der Waals surface area (Å²) in [5.74, 6) is -2.47. The van der Waals surface area contributed by atoms with E-state index < -0.39 is 98.8 Å². The first-order valence-electron chi connectivity index (χ1n) is 23.8. The Kier molecular flexibility index (Phi) is 33.4. The fourth-order valence-electron chi connectivity index (χ4n) is 7.13. The molecule has 9 atom stereocenters. The molecule has 0 unspecified atom stereocenters. The number of carbonyl (C=O) groups is 4. The molecule has 358 valence electrons. The molecule has 15 nitrogen and oxygen atoms in total. The van der Waals surface area contributed by atoms with Gasteiger partial charge in [-0.3, -0.25) is 19.2 Å². The Labute approximate surface area is 365 Å². The predicted molar refractivity (Wildman–Crippen MR) is 229 cm³/mol. The van der Waals surface area contributed by atoms with Gasteiger partial charge in [-0.15, -0.1) is 0 Å². The van der Waals surface area contributed by atoms with Gasteiger partial charge in [-0.1, -0.05) is 143 Å². The molecule has 0 aromatic rings. The van der Waals surface area contributed by atoms with Crippen molar-refractivity contribution in [3.8, 4) is 0 Å². The lowest BCUT2D eigenvalue weighted by molar-refractivity contribution is -0.313. The van der Waals surface area contributed by atoms with Gasteiger partial charge in [0.05, 0.1) is 13.2 Å². The minimum absolute atomic E-state index is 0.0145. The molecule has 1 fully saturated rings. The summed E-state index contributed by atoms with van der Waals surface area (Å²) in [6, 6.07) is 0. The molecule has 0 amide bonds. The van der Waals surface area contributed by atoms with Crippen molar-refractivity contribution in [1.29, 1.82) is 0 Å². The Morgan fingerprint density at radius 1 is 0.475 bits per heavy atom. The standard InChI is InChI=1S/C46H84O15/c1-5-9-13-14-15-16-17-18-19-20-21-22-26-30-40(53)61-45-44(60-39(52)29-25-12-8-4)43(59-38(51)28-24-11-7-3)36(33-56-37(50)27-23-10-6-2)58-46(45)57-32-35(49)42(55)41(54)34(48)31-47/h34-36,41-49,54-55H,5-33H2,1-4H3/t34-,35-,36-,41-,42-,43-,44+,45+,46-/m1/s1. The molecule has 0 saturated carbocycles. The first-order valence-corrected chi connectivity index (χ1v) is 23.8. The smallest absolute Gasteiger partial charge is 0.306 e. The van der Waals surface area contributed by atoms with Crippen molar-refractivity contribution in [3.63, 3.8) is 0 Å². The molecular formula is C46H84O15. The molecule has 5 N–H and O–H groups in total. The second kappa shape index (κ2) is 36.0. The van der Waals surface area contributed by atoms with Crippen molar-refractivity contribution in [2.75, 3.05) is 19.8 Å². The van der Waals surface area contributed by atoms with Gasteiger partial charge in [-0.25, -0.2) is 0 Å². The number of hydrogen-bond donors (Lipinski definition) is 5. The third-order valence-corrected chi connectivity index (χ3v) is 11.0. The summed E-state index contributed by atoms with van der Waals surface area (Å²) in [5, 5.41) is 50.6. The second-order valence-corrected chi connectivity index (χ2v) is 16.6. The maximum atomic E-state index is 13.5. The Balaban J connectivity index is 3.33. The molecule has 61 heavy (non-hydrogen) atoms. The lowest BCUT2D eigenvalue weighted by Crippen LogP contribution is -2.63. The fraction of sp³-hybridized carbons (Fsp3) is 0.913. The van der Waals surface area contributed by atoms with Gasteiger partial charge in [0, 0.05) is 25.7 Å². The highest BCUT2D eigenvalue weighted by Gasteiger charge is 2.53. The summed E-state index contributed by atoms with van der Waals surface area (Å²) in [6.45, 7) is 6.09. The van der Waals surface area contributed by atoms with Gasteiger partial charge in [-0.05, 0) is 25.7 Å². The molecule has 0 bridgehead atoms. The van der Waals surface area contributed by atoms with Gasteiger partial charge in [0.1, 0.15) is 37.1 Å². The lowest BCUT2D eigenvalue weighted by Gasteiger charge is -2.44. The first kappa shape index (κ1) is 56.6. The second-order valence-electron chi connectivity index (χ2n) is 16.6. The average molecular weight is 877 g/mol. The fourth-order valence-corrected chi connectivity index (χ4v) is 7.13. The molecule has 0 spiro atoms. The highest BCUT2D eigenvalue weighted by atomic mass is 16.7. The minimum Gasteiger partial charge on any atom is -0.463 e. The molecule has 1 aliphatic heterocycles. The van der Waals surface area contributed by atoms with Crippen LogP contribution >= 0.6 is 0 Å². The largest absolute Gasteiger partial charge is 0.463 e. The summed E-state index contributed by atoms with van der Waals surface area (Å²) in [6.07, 6.45) is 6.41. The van der Waals surface area contributed by atoms with E-state index >= 15 is 0 Å². The zero-order valence-corrected chi connectivity index (χ0v) is 38.0. The summed E-state index contributed by atoms with van der Waals surface area (Å²) in [7, 11) is 0. The molecule has 1 heterocycles. The van der Waals surface area contributed by atoms with Crippen molar-refractivity contribution in [1.82, 2.24) is 0 Å². The van der Waals surface area contributed by atoms with Crippen LogP contribution in [0, 0.1) is 0 Å².